The standard InChI is InChI=1S/C8H10ClNOS/c9-6-1-4-12-8(6)7-5-11-3-2-10-7/h1,4,7,10H,2-3,5H2/t7-/m0/s1. The van der Waals surface area contributed by atoms with Crippen molar-refractivity contribution in [2.24, 2.45) is 0 Å². The molecule has 2 heterocycles. The quantitative estimate of drug-likeness (QED) is 0.755. The summed E-state index contributed by atoms with van der Waals surface area (Å²) in [4.78, 5) is 1.19. The summed E-state index contributed by atoms with van der Waals surface area (Å²) >= 11 is 7.67. The molecule has 1 aliphatic heterocycles. The number of nitrogens with one attached hydrogen (secondary N) is 1. The van der Waals surface area contributed by atoms with Crippen molar-refractivity contribution in [1.29, 1.82) is 0 Å². The van der Waals surface area contributed by atoms with Crippen LogP contribution >= 0.6 is 22.9 Å². The van der Waals surface area contributed by atoms with Gasteiger partial charge in [-0.25, -0.2) is 0 Å². The fourth-order valence-electron chi connectivity index (χ4n) is 1.29. The van der Waals surface area contributed by atoms with E-state index in [0.29, 0.717) is 6.04 Å². The summed E-state index contributed by atoms with van der Waals surface area (Å²) in [5.41, 5.74) is 0. The monoisotopic (exact) mass is 203 g/mol. The summed E-state index contributed by atoms with van der Waals surface area (Å²) in [5, 5.41) is 6.22. The van der Waals surface area contributed by atoms with Crippen LogP contribution in [0.5, 0.6) is 0 Å². The molecular formula is C8H10ClNOS. The van der Waals surface area contributed by atoms with Crippen LogP contribution in [0.25, 0.3) is 0 Å². The minimum atomic E-state index is 0.297. The lowest BCUT2D eigenvalue weighted by molar-refractivity contribution is 0.0779. The fourth-order valence-corrected chi connectivity index (χ4v) is 2.54. The second-order valence-corrected chi connectivity index (χ2v) is 4.07. The molecule has 1 fully saturated rings. The van der Waals surface area contributed by atoms with Crippen LogP contribution in [0.2, 0.25) is 5.02 Å². The zero-order valence-electron chi connectivity index (χ0n) is 6.55. The van der Waals surface area contributed by atoms with Gasteiger partial charge in [0.2, 0.25) is 0 Å². The molecule has 2 rings (SSSR count). The van der Waals surface area contributed by atoms with E-state index in [4.69, 9.17) is 16.3 Å². The highest BCUT2D eigenvalue weighted by molar-refractivity contribution is 7.10. The normalized spacial score (nSPS) is 24.2. The highest BCUT2D eigenvalue weighted by Crippen LogP contribution is 2.29. The van der Waals surface area contributed by atoms with Crippen molar-refractivity contribution in [3.05, 3.63) is 21.3 Å². The van der Waals surface area contributed by atoms with Crippen LogP contribution in [0.3, 0.4) is 0 Å². The number of halogens is 1. The lowest BCUT2D eigenvalue weighted by Gasteiger charge is -2.22. The first-order valence-corrected chi connectivity index (χ1v) is 5.17. The van der Waals surface area contributed by atoms with Crippen LogP contribution in [0.1, 0.15) is 10.9 Å². The van der Waals surface area contributed by atoms with Gasteiger partial charge in [0, 0.05) is 11.4 Å². The van der Waals surface area contributed by atoms with Crippen molar-refractivity contribution in [2.75, 3.05) is 19.8 Å². The predicted octanol–water partition coefficient (Wildman–Crippen LogP) is 2.06. The van der Waals surface area contributed by atoms with E-state index >= 15 is 0 Å². The zero-order chi connectivity index (χ0) is 8.39. The molecule has 0 amide bonds. The van der Waals surface area contributed by atoms with Crippen molar-refractivity contribution in [3.63, 3.8) is 0 Å². The van der Waals surface area contributed by atoms with E-state index in [9.17, 15) is 0 Å². The van der Waals surface area contributed by atoms with Crippen LogP contribution in [0.15, 0.2) is 11.4 Å². The first kappa shape index (κ1) is 8.51. The molecule has 1 aromatic heterocycles. The van der Waals surface area contributed by atoms with Crippen molar-refractivity contribution < 1.29 is 4.74 Å². The van der Waals surface area contributed by atoms with E-state index in [0.717, 1.165) is 24.8 Å². The van der Waals surface area contributed by atoms with Gasteiger partial charge in [-0.3, -0.25) is 0 Å². The Labute approximate surface area is 80.5 Å². The minimum Gasteiger partial charge on any atom is -0.378 e. The van der Waals surface area contributed by atoms with E-state index in [-0.39, 0.29) is 0 Å². The summed E-state index contributed by atoms with van der Waals surface area (Å²) in [6.07, 6.45) is 0. The van der Waals surface area contributed by atoms with Crippen LogP contribution < -0.4 is 5.32 Å². The average molecular weight is 204 g/mol. The molecule has 1 aliphatic rings. The predicted molar refractivity (Wildman–Crippen MR) is 50.9 cm³/mol. The number of rotatable bonds is 1. The molecule has 12 heavy (non-hydrogen) atoms. The van der Waals surface area contributed by atoms with E-state index in [1.54, 1.807) is 11.3 Å². The number of hydrogen-bond acceptors (Lipinski definition) is 3. The Hall–Kier alpha value is -0.0900. The summed E-state index contributed by atoms with van der Waals surface area (Å²) in [5.74, 6) is 0. The topological polar surface area (TPSA) is 21.3 Å². The highest BCUT2D eigenvalue weighted by Gasteiger charge is 2.18. The minimum absolute atomic E-state index is 0.297. The molecule has 0 bridgehead atoms. The van der Waals surface area contributed by atoms with E-state index in [1.165, 1.54) is 4.88 Å². The van der Waals surface area contributed by atoms with E-state index < -0.39 is 0 Å². The molecule has 0 unspecified atom stereocenters. The van der Waals surface area contributed by atoms with Gasteiger partial charge in [-0.1, -0.05) is 11.6 Å². The van der Waals surface area contributed by atoms with Crippen LogP contribution in [0, 0.1) is 0 Å². The third-order valence-electron chi connectivity index (χ3n) is 1.88. The molecular weight excluding hydrogens is 194 g/mol. The lowest BCUT2D eigenvalue weighted by Crippen LogP contribution is -2.34. The maximum Gasteiger partial charge on any atom is 0.0670 e. The first-order valence-electron chi connectivity index (χ1n) is 3.92. The summed E-state index contributed by atoms with van der Waals surface area (Å²) in [7, 11) is 0. The second-order valence-electron chi connectivity index (χ2n) is 2.71. The number of thiophene rings is 1. The largest absolute Gasteiger partial charge is 0.378 e. The van der Waals surface area contributed by atoms with Gasteiger partial charge in [-0.2, -0.15) is 0 Å². The Balaban J connectivity index is 2.13. The van der Waals surface area contributed by atoms with Crippen LogP contribution in [0.4, 0.5) is 0 Å². The summed E-state index contributed by atoms with van der Waals surface area (Å²) < 4.78 is 5.35. The van der Waals surface area contributed by atoms with Gasteiger partial charge in [0.1, 0.15) is 0 Å². The number of hydrogen-bond donors (Lipinski definition) is 1. The first-order chi connectivity index (χ1) is 5.88. The van der Waals surface area contributed by atoms with Crippen LogP contribution in [-0.4, -0.2) is 19.8 Å². The molecule has 1 saturated heterocycles. The van der Waals surface area contributed by atoms with Crippen molar-refractivity contribution >= 4 is 22.9 Å². The maximum absolute atomic E-state index is 5.99. The third kappa shape index (κ3) is 1.64. The lowest BCUT2D eigenvalue weighted by atomic mass is 10.2. The Bertz CT molecular complexity index is 257. The summed E-state index contributed by atoms with van der Waals surface area (Å²) in [6, 6.07) is 2.23. The molecule has 0 radical (unpaired) electrons. The molecule has 0 aliphatic carbocycles. The van der Waals surface area contributed by atoms with E-state index in [2.05, 4.69) is 5.32 Å². The van der Waals surface area contributed by atoms with Crippen molar-refractivity contribution in [1.82, 2.24) is 5.32 Å². The number of ether oxygens (including phenoxy) is 1. The van der Waals surface area contributed by atoms with E-state index in [1.807, 2.05) is 11.4 Å². The average Bonchev–Trinajstić information content (AvgIpc) is 2.53. The van der Waals surface area contributed by atoms with Crippen molar-refractivity contribution in [2.45, 2.75) is 6.04 Å². The molecule has 1 N–H and O–H groups in total. The third-order valence-corrected chi connectivity index (χ3v) is 3.36. The van der Waals surface area contributed by atoms with Gasteiger partial charge in [0.25, 0.3) is 0 Å². The molecule has 0 spiro atoms. The molecule has 2 nitrogen and oxygen atoms in total. The Kier molecular flexibility index (Phi) is 2.66. The summed E-state index contributed by atoms with van der Waals surface area (Å²) in [6.45, 7) is 2.46. The SMILES string of the molecule is Clc1ccsc1[C@@H]1COCCN1. The highest BCUT2D eigenvalue weighted by atomic mass is 35.5. The van der Waals surface area contributed by atoms with Gasteiger partial charge >= 0.3 is 0 Å². The molecule has 66 valence electrons. The molecule has 0 aromatic carbocycles. The zero-order valence-corrected chi connectivity index (χ0v) is 8.12. The second kappa shape index (κ2) is 3.75. The molecule has 0 saturated carbocycles. The molecule has 1 atom stereocenters. The smallest absolute Gasteiger partial charge is 0.0670 e. The fraction of sp³-hybridized carbons (Fsp3) is 0.500. The van der Waals surface area contributed by atoms with Gasteiger partial charge < -0.3 is 10.1 Å². The Morgan fingerprint density at radius 1 is 1.67 bits per heavy atom. The van der Waals surface area contributed by atoms with Gasteiger partial charge in [0.05, 0.1) is 24.3 Å². The Morgan fingerprint density at radius 2 is 2.58 bits per heavy atom. The Morgan fingerprint density at radius 3 is 3.17 bits per heavy atom. The van der Waals surface area contributed by atoms with Gasteiger partial charge in [0.15, 0.2) is 0 Å². The molecule has 1 aromatic rings. The number of morpholine rings is 1. The van der Waals surface area contributed by atoms with Crippen LogP contribution in [-0.2, 0) is 4.74 Å². The van der Waals surface area contributed by atoms with Gasteiger partial charge in [-0.15, -0.1) is 11.3 Å². The van der Waals surface area contributed by atoms with Crippen molar-refractivity contribution in [3.8, 4) is 0 Å². The van der Waals surface area contributed by atoms with Gasteiger partial charge in [-0.05, 0) is 11.4 Å². The maximum atomic E-state index is 5.99. The molecule has 4 heteroatoms.